The molecule has 7 nitrogen and oxygen atoms in total. The van der Waals surface area contributed by atoms with E-state index in [1.54, 1.807) is 35.2 Å². The predicted molar refractivity (Wildman–Crippen MR) is 115 cm³/mol. The van der Waals surface area contributed by atoms with Crippen LogP contribution in [-0.2, 0) is 14.3 Å². The Hall–Kier alpha value is -3.45. The second-order valence-corrected chi connectivity index (χ2v) is 7.00. The zero-order chi connectivity index (χ0) is 21.5. The number of benzene rings is 2. The van der Waals surface area contributed by atoms with Crippen LogP contribution in [0.15, 0.2) is 54.2 Å². The smallest absolute Gasteiger partial charge is 0.272 e. The first kappa shape index (κ1) is 21.3. The lowest BCUT2D eigenvalue weighted by atomic mass is 10.1. The summed E-state index contributed by atoms with van der Waals surface area (Å²) in [4.78, 5) is 39.3. The quantitative estimate of drug-likeness (QED) is 0.746. The highest BCUT2D eigenvalue weighted by atomic mass is 16.5. The van der Waals surface area contributed by atoms with Gasteiger partial charge >= 0.3 is 0 Å². The molecule has 0 aromatic heterocycles. The van der Waals surface area contributed by atoms with Gasteiger partial charge in [-0.3, -0.25) is 14.4 Å². The fraction of sp³-hybridized carbons (Fsp3) is 0.261. The maximum absolute atomic E-state index is 13.0. The Morgan fingerprint density at radius 3 is 2.37 bits per heavy atom. The van der Waals surface area contributed by atoms with Crippen molar-refractivity contribution in [1.82, 2.24) is 10.2 Å². The molecule has 0 aliphatic carbocycles. The average molecular weight is 407 g/mol. The summed E-state index contributed by atoms with van der Waals surface area (Å²) >= 11 is 0. The van der Waals surface area contributed by atoms with E-state index in [1.807, 2.05) is 31.2 Å². The third kappa shape index (κ3) is 5.33. The topological polar surface area (TPSA) is 87.7 Å². The van der Waals surface area contributed by atoms with Crippen molar-refractivity contribution >= 4 is 29.5 Å². The number of rotatable bonds is 5. The van der Waals surface area contributed by atoms with E-state index in [-0.39, 0.29) is 17.5 Å². The van der Waals surface area contributed by atoms with Crippen LogP contribution in [0.1, 0.15) is 28.4 Å². The van der Waals surface area contributed by atoms with Crippen molar-refractivity contribution in [2.45, 2.75) is 13.8 Å². The van der Waals surface area contributed by atoms with E-state index < -0.39 is 5.91 Å². The Morgan fingerprint density at radius 1 is 1.00 bits per heavy atom. The molecule has 0 radical (unpaired) electrons. The van der Waals surface area contributed by atoms with Crippen LogP contribution in [-0.4, -0.2) is 48.9 Å². The first-order chi connectivity index (χ1) is 14.5. The van der Waals surface area contributed by atoms with E-state index in [1.165, 1.54) is 6.92 Å². The van der Waals surface area contributed by atoms with Gasteiger partial charge in [0.2, 0.25) is 5.91 Å². The summed E-state index contributed by atoms with van der Waals surface area (Å²) in [6, 6.07) is 14.4. The molecule has 0 unspecified atom stereocenters. The molecule has 0 spiro atoms. The molecule has 2 aromatic rings. The summed E-state index contributed by atoms with van der Waals surface area (Å²) < 4.78 is 5.30. The van der Waals surface area contributed by atoms with Gasteiger partial charge in [0, 0.05) is 20.0 Å². The van der Waals surface area contributed by atoms with E-state index in [9.17, 15) is 14.4 Å². The van der Waals surface area contributed by atoms with Crippen LogP contribution >= 0.6 is 0 Å². The zero-order valence-corrected chi connectivity index (χ0v) is 17.1. The molecule has 2 N–H and O–H groups in total. The molecule has 3 amide bonds. The number of morpholine rings is 1. The molecule has 1 fully saturated rings. The molecule has 1 aliphatic heterocycles. The Balaban J connectivity index is 1.86. The van der Waals surface area contributed by atoms with Crippen molar-refractivity contribution < 1.29 is 19.1 Å². The molecule has 0 bridgehead atoms. The summed E-state index contributed by atoms with van der Waals surface area (Å²) in [7, 11) is 0. The van der Waals surface area contributed by atoms with E-state index in [2.05, 4.69) is 10.6 Å². The number of carbonyl (C=O) groups excluding carboxylic acids is 3. The summed E-state index contributed by atoms with van der Waals surface area (Å²) in [6.45, 7) is 5.26. The lowest BCUT2D eigenvalue weighted by Gasteiger charge is -2.27. The molecule has 0 atom stereocenters. The molecule has 1 saturated heterocycles. The van der Waals surface area contributed by atoms with Crippen LogP contribution in [0, 0.1) is 6.92 Å². The number of amides is 3. The van der Waals surface area contributed by atoms with Gasteiger partial charge in [-0.2, -0.15) is 0 Å². The van der Waals surface area contributed by atoms with Crippen molar-refractivity contribution in [1.29, 1.82) is 0 Å². The summed E-state index contributed by atoms with van der Waals surface area (Å²) in [5, 5.41) is 5.36. The SMILES string of the molecule is CC(=O)N/C(=C\c1ccccc1C)C(=O)Nc1ccccc1C(=O)N1CCOCC1. The largest absolute Gasteiger partial charge is 0.378 e. The van der Waals surface area contributed by atoms with E-state index >= 15 is 0 Å². The Labute approximate surface area is 175 Å². The van der Waals surface area contributed by atoms with Crippen LogP contribution in [0.5, 0.6) is 0 Å². The highest BCUT2D eigenvalue weighted by Gasteiger charge is 2.22. The summed E-state index contributed by atoms with van der Waals surface area (Å²) in [5.41, 5.74) is 2.67. The number of aryl methyl sites for hydroxylation is 1. The van der Waals surface area contributed by atoms with Crippen LogP contribution in [0.4, 0.5) is 5.69 Å². The third-order valence-electron chi connectivity index (χ3n) is 4.75. The number of para-hydroxylation sites is 1. The predicted octanol–water partition coefficient (Wildman–Crippen LogP) is 2.58. The van der Waals surface area contributed by atoms with Crippen LogP contribution < -0.4 is 10.6 Å². The standard InChI is InChI=1S/C23H25N3O4/c1-16-7-3-4-8-18(16)15-21(24-17(2)27)22(28)25-20-10-6-5-9-19(20)23(29)26-11-13-30-14-12-26/h3-10,15H,11-14H2,1-2H3,(H,24,27)(H,25,28)/b21-15-. The number of ether oxygens (including phenoxy) is 1. The fourth-order valence-electron chi connectivity index (χ4n) is 3.16. The maximum atomic E-state index is 13.0. The van der Waals surface area contributed by atoms with Gasteiger partial charge in [0.15, 0.2) is 0 Å². The van der Waals surface area contributed by atoms with E-state index in [0.29, 0.717) is 37.6 Å². The maximum Gasteiger partial charge on any atom is 0.272 e. The minimum absolute atomic E-state index is 0.102. The van der Waals surface area contributed by atoms with Gasteiger partial charge in [0.1, 0.15) is 5.70 Å². The average Bonchev–Trinajstić information content (AvgIpc) is 2.75. The number of nitrogens with zero attached hydrogens (tertiary/aromatic N) is 1. The molecular weight excluding hydrogens is 382 g/mol. The normalized spacial score (nSPS) is 14.2. The van der Waals surface area contributed by atoms with Crippen LogP contribution in [0.2, 0.25) is 0 Å². The first-order valence-corrected chi connectivity index (χ1v) is 9.78. The number of hydrogen-bond donors (Lipinski definition) is 2. The Bertz CT molecular complexity index is 978. The van der Waals surface area contributed by atoms with Gasteiger partial charge in [0.25, 0.3) is 11.8 Å². The molecule has 30 heavy (non-hydrogen) atoms. The van der Waals surface area contributed by atoms with Gasteiger partial charge in [-0.05, 0) is 36.3 Å². The van der Waals surface area contributed by atoms with Crippen molar-refractivity contribution in [2.24, 2.45) is 0 Å². The minimum atomic E-state index is -0.504. The number of anilines is 1. The second kappa shape index (κ2) is 9.84. The molecule has 1 aliphatic rings. The van der Waals surface area contributed by atoms with Crippen molar-refractivity contribution in [2.75, 3.05) is 31.6 Å². The summed E-state index contributed by atoms with van der Waals surface area (Å²) in [6.07, 6.45) is 1.62. The lowest BCUT2D eigenvalue weighted by Crippen LogP contribution is -2.41. The van der Waals surface area contributed by atoms with E-state index in [4.69, 9.17) is 4.74 Å². The lowest BCUT2D eigenvalue weighted by molar-refractivity contribution is -0.120. The molecule has 7 heteroatoms. The van der Waals surface area contributed by atoms with Gasteiger partial charge < -0.3 is 20.3 Å². The third-order valence-corrected chi connectivity index (χ3v) is 4.75. The highest BCUT2D eigenvalue weighted by Crippen LogP contribution is 2.19. The minimum Gasteiger partial charge on any atom is -0.378 e. The van der Waals surface area contributed by atoms with Crippen LogP contribution in [0.3, 0.4) is 0 Å². The molecule has 0 saturated carbocycles. The number of hydrogen-bond acceptors (Lipinski definition) is 4. The Kier molecular flexibility index (Phi) is 6.98. The van der Waals surface area contributed by atoms with E-state index in [0.717, 1.165) is 11.1 Å². The van der Waals surface area contributed by atoms with Gasteiger partial charge in [-0.1, -0.05) is 36.4 Å². The fourth-order valence-corrected chi connectivity index (χ4v) is 3.16. The monoisotopic (exact) mass is 407 g/mol. The molecule has 2 aromatic carbocycles. The summed E-state index contributed by atoms with van der Waals surface area (Å²) in [5.74, 6) is -1.03. The first-order valence-electron chi connectivity index (χ1n) is 9.78. The van der Waals surface area contributed by atoms with Crippen molar-refractivity contribution in [3.05, 3.63) is 70.9 Å². The van der Waals surface area contributed by atoms with Crippen molar-refractivity contribution in [3.8, 4) is 0 Å². The van der Waals surface area contributed by atoms with Gasteiger partial charge in [-0.15, -0.1) is 0 Å². The highest BCUT2D eigenvalue weighted by molar-refractivity contribution is 6.11. The second-order valence-electron chi connectivity index (χ2n) is 7.00. The van der Waals surface area contributed by atoms with Crippen molar-refractivity contribution in [3.63, 3.8) is 0 Å². The zero-order valence-electron chi connectivity index (χ0n) is 17.1. The molecule has 1 heterocycles. The van der Waals surface area contributed by atoms with Gasteiger partial charge in [-0.25, -0.2) is 0 Å². The number of nitrogens with one attached hydrogen (secondary N) is 2. The molecule has 3 rings (SSSR count). The molecular formula is C23H25N3O4. The Morgan fingerprint density at radius 2 is 1.67 bits per heavy atom. The number of carbonyl (C=O) groups is 3. The molecule has 156 valence electrons. The van der Waals surface area contributed by atoms with Crippen LogP contribution in [0.25, 0.3) is 6.08 Å². The van der Waals surface area contributed by atoms with Gasteiger partial charge in [0.05, 0.1) is 24.5 Å².